The monoisotopic (exact) mass is 339 g/mol. The number of carbonyl (C=O) groups excluding carboxylic acids is 1. The normalized spacial score (nSPS) is 18.2. The molecule has 6 nitrogen and oxygen atoms in total. The number of benzene rings is 1. The highest BCUT2D eigenvalue weighted by Gasteiger charge is 2.25. The van der Waals surface area contributed by atoms with E-state index < -0.39 is 6.10 Å². The number of hydrogen-bond acceptors (Lipinski definition) is 4. The Morgan fingerprint density at radius 1 is 1.24 bits per heavy atom. The van der Waals surface area contributed by atoms with Crippen LogP contribution in [-0.2, 0) is 30.6 Å². The van der Waals surface area contributed by atoms with Crippen LogP contribution in [0.1, 0.15) is 29.7 Å². The van der Waals surface area contributed by atoms with Crippen LogP contribution in [0.2, 0.25) is 0 Å². The zero-order chi connectivity index (χ0) is 17.2. The fraction of sp³-hybridized carbons (Fsp3) is 0.421. The Labute approximate surface area is 145 Å². The first-order valence-corrected chi connectivity index (χ1v) is 8.83. The molecule has 0 saturated heterocycles. The molecule has 0 radical (unpaired) electrons. The maximum atomic E-state index is 12.3. The summed E-state index contributed by atoms with van der Waals surface area (Å²) < 4.78 is 7.23. The second-order valence-electron chi connectivity index (χ2n) is 6.58. The fourth-order valence-electron chi connectivity index (χ4n) is 3.51. The lowest BCUT2D eigenvalue weighted by molar-refractivity contribution is -0.128. The predicted octanol–water partition coefficient (Wildman–Crippen LogP) is 1.24. The van der Waals surface area contributed by atoms with Gasteiger partial charge in [-0.3, -0.25) is 9.59 Å². The van der Waals surface area contributed by atoms with Crippen molar-refractivity contribution in [2.24, 2.45) is 0 Å². The maximum absolute atomic E-state index is 12.3. The Morgan fingerprint density at radius 3 is 3.04 bits per heavy atom. The molecule has 1 aromatic heterocycles. The van der Waals surface area contributed by atoms with E-state index in [0.29, 0.717) is 19.5 Å². The number of hydrogen-bond donors (Lipinski definition) is 1. The summed E-state index contributed by atoms with van der Waals surface area (Å²) in [4.78, 5) is 24.4. The number of fused-ring (bicyclic) bond motifs is 2. The van der Waals surface area contributed by atoms with Crippen LogP contribution in [0.15, 0.2) is 35.1 Å². The summed E-state index contributed by atoms with van der Waals surface area (Å²) in [6.45, 7) is 0.743. The number of carbonyl (C=O) groups is 1. The fourth-order valence-corrected chi connectivity index (χ4v) is 3.51. The van der Waals surface area contributed by atoms with Gasteiger partial charge in [0.2, 0.25) is 0 Å². The average molecular weight is 339 g/mol. The third kappa shape index (κ3) is 3.29. The molecule has 4 rings (SSSR count). The highest BCUT2D eigenvalue weighted by molar-refractivity contribution is 5.81. The molecule has 2 aromatic rings. The van der Waals surface area contributed by atoms with Crippen LogP contribution in [0, 0.1) is 0 Å². The Hall–Kier alpha value is -2.63. The van der Waals surface area contributed by atoms with E-state index in [-0.39, 0.29) is 11.5 Å². The highest BCUT2D eigenvalue weighted by atomic mass is 16.5. The molecule has 0 bridgehead atoms. The van der Waals surface area contributed by atoms with E-state index in [0.717, 1.165) is 48.3 Å². The van der Waals surface area contributed by atoms with E-state index in [1.807, 2.05) is 24.3 Å². The number of amides is 1. The summed E-state index contributed by atoms with van der Waals surface area (Å²) in [5, 5.41) is 7.28. The minimum atomic E-state index is -0.473. The number of aromatic nitrogens is 2. The first kappa shape index (κ1) is 15.9. The van der Waals surface area contributed by atoms with Gasteiger partial charge in [0.1, 0.15) is 5.75 Å². The van der Waals surface area contributed by atoms with Crippen molar-refractivity contribution in [1.82, 2.24) is 15.1 Å². The molecule has 1 amide bonds. The van der Waals surface area contributed by atoms with Gasteiger partial charge in [0, 0.05) is 12.6 Å². The van der Waals surface area contributed by atoms with Crippen LogP contribution in [0.25, 0.3) is 0 Å². The van der Waals surface area contributed by atoms with Gasteiger partial charge in [0.15, 0.2) is 6.10 Å². The largest absolute Gasteiger partial charge is 0.480 e. The van der Waals surface area contributed by atoms with Gasteiger partial charge in [0.25, 0.3) is 11.5 Å². The third-order valence-electron chi connectivity index (χ3n) is 4.86. The minimum absolute atomic E-state index is 0.0993. The lowest BCUT2D eigenvalue weighted by Crippen LogP contribution is -2.42. The molecule has 25 heavy (non-hydrogen) atoms. The number of nitrogens with zero attached hydrogens (tertiary/aromatic N) is 2. The molecule has 6 heteroatoms. The summed E-state index contributed by atoms with van der Waals surface area (Å²) in [6, 6.07) is 9.48. The van der Waals surface area contributed by atoms with Crippen LogP contribution >= 0.6 is 0 Å². The minimum Gasteiger partial charge on any atom is -0.480 e. The maximum Gasteiger partial charge on any atom is 0.267 e. The molecule has 130 valence electrons. The summed E-state index contributed by atoms with van der Waals surface area (Å²) in [6.07, 6.45) is 3.95. The molecule has 0 spiro atoms. The van der Waals surface area contributed by atoms with Crippen LogP contribution in [0.5, 0.6) is 5.75 Å². The van der Waals surface area contributed by atoms with Gasteiger partial charge >= 0.3 is 0 Å². The van der Waals surface area contributed by atoms with Crippen molar-refractivity contribution >= 4 is 5.91 Å². The van der Waals surface area contributed by atoms with Crippen molar-refractivity contribution in [3.05, 3.63) is 57.5 Å². The zero-order valence-electron chi connectivity index (χ0n) is 14.0. The lowest BCUT2D eigenvalue weighted by Gasteiger charge is -2.25. The van der Waals surface area contributed by atoms with E-state index in [1.54, 1.807) is 6.07 Å². The predicted molar refractivity (Wildman–Crippen MR) is 92.7 cm³/mol. The Kier molecular flexibility index (Phi) is 4.26. The van der Waals surface area contributed by atoms with E-state index >= 15 is 0 Å². The topological polar surface area (TPSA) is 73.2 Å². The second-order valence-corrected chi connectivity index (χ2v) is 6.58. The molecular weight excluding hydrogens is 318 g/mol. The van der Waals surface area contributed by atoms with Gasteiger partial charge in [-0.1, -0.05) is 18.2 Å². The van der Waals surface area contributed by atoms with E-state index in [2.05, 4.69) is 10.4 Å². The molecule has 1 aliphatic carbocycles. The smallest absolute Gasteiger partial charge is 0.267 e. The molecule has 0 saturated carbocycles. The lowest BCUT2D eigenvalue weighted by atomic mass is 10.0. The van der Waals surface area contributed by atoms with Crippen LogP contribution in [0.4, 0.5) is 0 Å². The summed E-state index contributed by atoms with van der Waals surface area (Å²) in [7, 11) is 0. The molecule has 1 N–H and O–H groups in total. The van der Waals surface area contributed by atoms with Crippen molar-refractivity contribution in [1.29, 1.82) is 0 Å². The van der Waals surface area contributed by atoms with Crippen LogP contribution in [-0.4, -0.2) is 28.3 Å². The first-order valence-electron chi connectivity index (χ1n) is 8.83. The van der Waals surface area contributed by atoms with E-state index in [9.17, 15) is 9.59 Å². The summed E-state index contributed by atoms with van der Waals surface area (Å²) in [5.74, 6) is 0.647. The number of rotatable bonds is 4. The molecule has 2 heterocycles. The SMILES string of the molecule is O=C(NCCn1nc2c(cc1=O)CCC2)[C@H]1CCc2ccccc2O1. The summed E-state index contributed by atoms with van der Waals surface area (Å²) in [5.41, 5.74) is 3.12. The van der Waals surface area contributed by atoms with E-state index in [1.165, 1.54) is 4.68 Å². The van der Waals surface area contributed by atoms with Crippen molar-refractivity contribution in [2.45, 2.75) is 44.8 Å². The van der Waals surface area contributed by atoms with Gasteiger partial charge in [-0.15, -0.1) is 0 Å². The zero-order valence-corrected chi connectivity index (χ0v) is 14.0. The highest BCUT2D eigenvalue weighted by Crippen LogP contribution is 2.27. The van der Waals surface area contributed by atoms with Gasteiger partial charge in [0.05, 0.1) is 12.2 Å². The number of para-hydroxylation sites is 1. The standard InChI is InChI=1S/C19H21N3O3/c23-18-12-14-5-3-6-15(14)21-22(18)11-10-20-19(24)17-9-8-13-4-1-2-7-16(13)25-17/h1-2,4,7,12,17H,3,5-6,8-11H2,(H,20,24)/t17-/m1/s1. The number of nitrogens with one attached hydrogen (secondary N) is 1. The second kappa shape index (κ2) is 6.70. The van der Waals surface area contributed by atoms with Gasteiger partial charge in [-0.05, 0) is 49.3 Å². The van der Waals surface area contributed by atoms with Crippen molar-refractivity contribution in [3.63, 3.8) is 0 Å². The van der Waals surface area contributed by atoms with Crippen LogP contribution < -0.4 is 15.6 Å². The van der Waals surface area contributed by atoms with Gasteiger partial charge in [-0.2, -0.15) is 5.10 Å². The Balaban J connectivity index is 1.33. The summed E-state index contributed by atoms with van der Waals surface area (Å²) >= 11 is 0. The van der Waals surface area contributed by atoms with Gasteiger partial charge < -0.3 is 10.1 Å². The molecular formula is C19H21N3O3. The molecule has 0 unspecified atom stereocenters. The Morgan fingerprint density at radius 2 is 2.12 bits per heavy atom. The molecule has 0 fully saturated rings. The van der Waals surface area contributed by atoms with E-state index in [4.69, 9.17) is 4.74 Å². The number of ether oxygens (including phenoxy) is 1. The third-order valence-corrected chi connectivity index (χ3v) is 4.86. The molecule has 1 atom stereocenters. The quantitative estimate of drug-likeness (QED) is 0.910. The molecule has 1 aliphatic heterocycles. The van der Waals surface area contributed by atoms with Crippen molar-refractivity contribution in [2.75, 3.05) is 6.54 Å². The number of aryl methyl sites for hydroxylation is 3. The first-order chi connectivity index (χ1) is 12.2. The van der Waals surface area contributed by atoms with Crippen molar-refractivity contribution in [3.8, 4) is 5.75 Å². The van der Waals surface area contributed by atoms with Crippen molar-refractivity contribution < 1.29 is 9.53 Å². The molecule has 1 aromatic carbocycles. The van der Waals surface area contributed by atoms with Gasteiger partial charge in [-0.25, -0.2) is 4.68 Å². The van der Waals surface area contributed by atoms with Crippen LogP contribution in [0.3, 0.4) is 0 Å². The molecule has 2 aliphatic rings. The Bertz CT molecular complexity index is 859. The average Bonchev–Trinajstić information content (AvgIpc) is 3.08.